The molecule has 0 aliphatic carbocycles. The summed E-state index contributed by atoms with van der Waals surface area (Å²) in [5.41, 5.74) is 1.86. The molecule has 0 aliphatic rings. The Hall–Kier alpha value is -3.40. The third kappa shape index (κ3) is 6.07. The first-order valence-electron chi connectivity index (χ1n) is 9.94. The largest absolute Gasteiger partial charge is 0.497 e. The van der Waals surface area contributed by atoms with Crippen molar-refractivity contribution >= 4 is 35.0 Å². The highest BCUT2D eigenvalue weighted by Gasteiger charge is 2.16. The summed E-state index contributed by atoms with van der Waals surface area (Å²) in [7, 11) is 1.58. The molecule has 0 spiro atoms. The first-order chi connectivity index (χ1) is 15.4. The fourth-order valence-electron chi connectivity index (χ4n) is 2.98. The van der Waals surface area contributed by atoms with Gasteiger partial charge >= 0.3 is 0 Å². The second kappa shape index (κ2) is 10.8. The van der Waals surface area contributed by atoms with Gasteiger partial charge in [-0.05, 0) is 61.9 Å². The molecule has 8 nitrogen and oxygen atoms in total. The van der Waals surface area contributed by atoms with Gasteiger partial charge in [0.25, 0.3) is 0 Å². The highest BCUT2D eigenvalue weighted by molar-refractivity contribution is 7.99. The van der Waals surface area contributed by atoms with Gasteiger partial charge < -0.3 is 19.9 Å². The molecule has 0 saturated carbocycles. The normalized spacial score (nSPS) is 10.6. The first-order valence-corrected chi connectivity index (χ1v) is 10.9. The third-order valence-electron chi connectivity index (χ3n) is 4.60. The predicted octanol–water partition coefficient (Wildman–Crippen LogP) is 3.67. The second-order valence-corrected chi connectivity index (χ2v) is 7.84. The van der Waals surface area contributed by atoms with Crippen LogP contribution in [0, 0.1) is 12.7 Å². The van der Waals surface area contributed by atoms with Crippen LogP contribution in [0.4, 0.5) is 15.8 Å². The van der Waals surface area contributed by atoms with Crippen LogP contribution in [0.25, 0.3) is 0 Å². The summed E-state index contributed by atoms with van der Waals surface area (Å²) in [5.74, 6) is 0.499. The van der Waals surface area contributed by atoms with Gasteiger partial charge in [0.05, 0.1) is 19.3 Å². The van der Waals surface area contributed by atoms with Crippen LogP contribution in [-0.4, -0.2) is 39.4 Å². The van der Waals surface area contributed by atoms with E-state index in [0.717, 1.165) is 0 Å². The number of hydrogen-bond donors (Lipinski definition) is 2. The van der Waals surface area contributed by atoms with Crippen molar-refractivity contribution in [1.29, 1.82) is 0 Å². The summed E-state index contributed by atoms with van der Waals surface area (Å²) in [6.45, 7) is 4.20. The van der Waals surface area contributed by atoms with Crippen LogP contribution >= 0.6 is 11.8 Å². The third-order valence-corrected chi connectivity index (χ3v) is 5.56. The van der Waals surface area contributed by atoms with E-state index in [9.17, 15) is 14.0 Å². The molecule has 3 rings (SSSR count). The smallest absolute Gasteiger partial charge is 0.234 e. The van der Waals surface area contributed by atoms with Crippen LogP contribution < -0.4 is 15.4 Å². The van der Waals surface area contributed by atoms with E-state index in [1.54, 1.807) is 42.9 Å². The molecule has 0 unspecified atom stereocenters. The van der Waals surface area contributed by atoms with Crippen molar-refractivity contribution in [2.24, 2.45) is 0 Å². The van der Waals surface area contributed by atoms with Crippen molar-refractivity contribution in [2.45, 2.75) is 32.0 Å². The molecule has 0 aliphatic heterocycles. The molecule has 1 aromatic heterocycles. The lowest BCUT2D eigenvalue weighted by molar-refractivity contribution is -0.116. The Morgan fingerprint density at radius 2 is 1.84 bits per heavy atom. The number of amides is 2. The van der Waals surface area contributed by atoms with Crippen molar-refractivity contribution in [2.75, 3.05) is 23.5 Å². The lowest BCUT2D eigenvalue weighted by Crippen LogP contribution is -2.18. The fourth-order valence-corrected chi connectivity index (χ4v) is 3.80. The zero-order chi connectivity index (χ0) is 23.1. The van der Waals surface area contributed by atoms with Gasteiger partial charge in [-0.3, -0.25) is 9.59 Å². The maximum Gasteiger partial charge on any atom is 0.234 e. The number of aromatic nitrogens is 3. The molecule has 2 N–H and O–H groups in total. The topological polar surface area (TPSA) is 98.1 Å². The predicted molar refractivity (Wildman–Crippen MR) is 122 cm³/mol. The number of nitrogens with zero attached hydrogens (tertiary/aromatic N) is 3. The summed E-state index contributed by atoms with van der Waals surface area (Å²) in [4.78, 5) is 24.7. The average Bonchev–Trinajstić information content (AvgIpc) is 3.16. The summed E-state index contributed by atoms with van der Waals surface area (Å²) < 4.78 is 20.1. The molecular weight excluding hydrogens is 433 g/mol. The lowest BCUT2D eigenvalue weighted by atomic mass is 10.2. The van der Waals surface area contributed by atoms with Crippen molar-refractivity contribution in [1.82, 2.24) is 14.8 Å². The number of thioether (sulfide) groups is 1. The maximum absolute atomic E-state index is 13.2. The average molecular weight is 458 g/mol. The van der Waals surface area contributed by atoms with Gasteiger partial charge in [-0.2, -0.15) is 0 Å². The highest BCUT2D eigenvalue weighted by Crippen LogP contribution is 2.20. The molecule has 0 fully saturated rings. The van der Waals surface area contributed by atoms with Gasteiger partial charge in [0.1, 0.15) is 17.4 Å². The zero-order valence-corrected chi connectivity index (χ0v) is 18.8. The van der Waals surface area contributed by atoms with E-state index in [0.29, 0.717) is 40.2 Å². The zero-order valence-electron chi connectivity index (χ0n) is 18.0. The standard InChI is InChI=1S/C22H24FN5O3S/c1-4-28-19(12-20(29)24-16-6-8-17(31-3)9-7-16)26-27-22(28)32-13-21(30)25-18-10-5-15(23)11-14(18)2/h5-11H,4,12-13H2,1-3H3,(H,24,29)(H,25,30). The van der Waals surface area contributed by atoms with Crippen molar-refractivity contribution in [3.8, 4) is 5.75 Å². The number of hydrogen-bond acceptors (Lipinski definition) is 6. The quantitative estimate of drug-likeness (QED) is 0.476. The van der Waals surface area contributed by atoms with Crippen molar-refractivity contribution in [3.05, 3.63) is 59.7 Å². The van der Waals surface area contributed by atoms with Gasteiger partial charge in [0.2, 0.25) is 11.8 Å². The van der Waals surface area contributed by atoms with E-state index in [1.807, 2.05) is 6.92 Å². The van der Waals surface area contributed by atoms with Gasteiger partial charge in [-0.25, -0.2) is 4.39 Å². The number of benzene rings is 2. The molecule has 0 bridgehead atoms. The second-order valence-electron chi connectivity index (χ2n) is 6.89. The van der Waals surface area contributed by atoms with Crippen molar-refractivity contribution in [3.63, 3.8) is 0 Å². The van der Waals surface area contributed by atoms with Gasteiger partial charge in [-0.15, -0.1) is 10.2 Å². The monoisotopic (exact) mass is 457 g/mol. The SMILES string of the molecule is CCn1c(CC(=O)Nc2ccc(OC)cc2)nnc1SCC(=O)Nc1ccc(F)cc1C. The molecule has 0 saturated heterocycles. The van der Waals surface area contributed by atoms with Crippen LogP contribution in [-0.2, 0) is 22.6 Å². The number of rotatable bonds is 9. The Balaban J connectivity index is 1.57. The van der Waals surface area contributed by atoms with Crippen LogP contribution in [0.1, 0.15) is 18.3 Å². The van der Waals surface area contributed by atoms with E-state index in [-0.39, 0.29) is 29.8 Å². The molecule has 0 radical (unpaired) electrons. The molecular formula is C22H24FN5O3S. The Morgan fingerprint density at radius 1 is 1.09 bits per heavy atom. The number of carbonyl (C=O) groups excluding carboxylic acids is 2. The van der Waals surface area contributed by atoms with Crippen LogP contribution in [0.15, 0.2) is 47.6 Å². The van der Waals surface area contributed by atoms with Gasteiger partial charge in [-0.1, -0.05) is 11.8 Å². The maximum atomic E-state index is 13.2. The number of aryl methyl sites for hydroxylation is 1. The molecule has 1 heterocycles. The Bertz CT molecular complexity index is 1100. The Morgan fingerprint density at radius 3 is 2.50 bits per heavy atom. The molecule has 0 atom stereocenters. The number of halogens is 1. The molecule has 168 valence electrons. The van der Waals surface area contributed by atoms with Crippen LogP contribution in [0.2, 0.25) is 0 Å². The van der Waals surface area contributed by atoms with Gasteiger partial charge in [0.15, 0.2) is 5.16 Å². The number of anilines is 2. The molecule has 2 amide bonds. The molecule has 32 heavy (non-hydrogen) atoms. The van der Waals surface area contributed by atoms with Gasteiger partial charge in [0, 0.05) is 17.9 Å². The number of nitrogens with one attached hydrogen (secondary N) is 2. The summed E-state index contributed by atoms with van der Waals surface area (Å²) in [5, 5.41) is 14.4. The number of ether oxygens (including phenoxy) is 1. The lowest BCUT2D eigenvalue weighted by Gasteiger charge is -2.10. The van der Waals surface area contributed by atoms with Crippen LogP contribution in [0.5, 0.6) is 5.75 Å². The summed E-state index contributed by atoms with van der Waals surface area (Å²) in [6, 6.07) is 11.2. The number of methoxy groups -OCH3 is 1. The van der Waals surface area contributed by atoms with E-state index < -0.39 is 0 Å². The summed E-state index contributed by atoms with van der Waals surface area (Å²) >= 11 is 1.22. The molecule has 10 heteroatoms. The Kier molecular flexibility index (Phi) is 7.82. The van der Waals surface area contributed by atoms with E-state index in [1.165, 1.54) is 30.0 Å². The molecule has 2 aromatic carbocycles. The Labute approximate surface area is 189 Å². The minimum Gasteiger partial charge on any atom is -0.497 e. The van der Waals surface area contributed by atoms with E-state index >= 15 is 0 Å². The minimum absolute atomic E-state index is 0.0500. The molecule has 3 aromatic rings. The van der Waals surface area contributed by atoms with Crippen LogP contribution in [0.3, 0.4) is 0 Å². The van der Waals surface area contributed by atoms with E-state index in [4.69, 9.17) is 4.74 Å². The summed E-state index contributed by atoms with van der Waals surface area (Å²) in [6.07, 6.45) is 0.0500. The first kappa shape index (κ1) is 23.3. The minimum atomic E-state index is -0.352. The number of carbonyl (C=O) groups is 2. The highest BCUT2D eigenvalue weighted by atomic mass is 32.2. The van der Waals surface area contributed by atoms with Crippen molar-refractivity contribution < 1.29 is 18.7 Å². The van der Waals surface area contributed by atoms with E-state index in [2.05, 4.69) is 20.8 Å². The fraction of sp³-hybridized carbons (Fsp3) is 0.273.